The van der Waals surface area contributed by atoms with Crippen molar-refractivity contribution in [1.29, 1.82) is 0 Å². The van der Waals surface area contributed by atoms with Crippen molar-refractivity contribution in [2.24, 2.45) is 0 Å². The normalized spacial score (nSPS) is 11.5. The summed E-state index contributed by atoms with van der Waals surface area (Å²) in [7, 11) is 0. The van der Waals surface area contributed by atoms with Gasteiger partial charge in [0, 0.05) is 36.9 Å². The molecule has 0 aliphatic carbocycles. The summed E-state index contributed by atoms with van der Waals surface area (Å²) in [6.07, 6.45) is 0. The summed E-state index contributed by atoms with van der Waals surface area (Å²) in [4.78, 5) is 2.42. The van der Waals surface area contributed by atoms with E-state index in [4.69, 9.17) is 0 Å². The average molecular weight is 528 g/mol. The van der Waals surface area contributed by atoms with E-state index in [-0.39, 0.29) is 0 Å². The van der Waals surface area contributed by atoms with Gasteiger partial charge in [-0.25, -0.2) is 0 Å². The van der Waals surface area contributed by atoms with Crippen molar-refractivity contribution < 1.29 is 0 Å². The number of benzene rings is 7. The van der Waals surface area contributed by atoms with E-state index in [9.17, 15) is 0 Å². The monoisotopic (exact) mass is 527 g/mol. The fourth-order valence-electron chi connectivity index (χ4n) is 5.93. The molecule has 0 aliphatic rings. The van der Waals surface area contributed by atoms with Gasteiger partial charge in [-0.05, 0) is 63.7 Å². The smallest absolute Gasteiger partial charge is 0.0546 e. The Morgan fingerprint density at radius 1 is 0.375 bits per heavy atom. The van der Waals surface area contributed by atoms with Crippen LogP contribution in [0.15, 0.2) is 152 Å². The van der Waals surface area contributed by atoms with Crippen LogP contribution in [0.1, 0.15) is 0 Å². The van der Waals surface area contributed by atoms with Crippen LogP contribution in [-0.2, 0) is 0 Å². The Labute approximate surface area is 237 Å². The van der Waals surface area contributed by atoms with Gasteiger partial charge in [-0.15, -0.1) is 11.3 Å². The van der Waals surface area contributed by atoms with Crippen molar-refractivity contribution >= 4 is 70.1 Å². The van der Waals surface area contributed by atoms with Crippen LogP contribution in [0, 0.1) is 0 Å². The van der Waals surface area contributed by atoms with E-state index in [0.29, 0.717) is 0 Å². The Balaban J connectivity index is 1.38. The minimum atomic E-state index is 1.14. The highest BCUT2D eigenvalue weighted by Gasteiger charge is 2.18. The fourth-order valence-corrected chi connectivity index (χ4v) is 7.07. The van der Waals surface area contributed by atoms with Crippen molar-refractivity contribution in [3.8, 4) is 11.1 Å². The number of hydrogen-bond acceptors (Lipinski definition) is 2. The lowest BCUT2D eigenvalue weighted by Crippen LogP contribution is -2.10. The molecule has 0 spiro atoms. The van der Waals surface area contributed by atoms with E-state index >= 15 is 0 Å². The SMILES string of the molecule is c1ccc(-c2ccc(N(c3ccc4c(c3)sc3ccccc34)c3cc4ccccc4c4ccccc34)cc2)cc1. The summed E-state index contributed by atoms with van der Waals surface area (Å²) in [5.74, 6) is 0. The number of anilines is 3. The quantitative estimate of drug-likeness (QED) is 0.206. The zero-order valence-electron chi connectivity index (χ0n) is 21.8. The maximum Gasteiger partial charge on any atom is 0.0546 e. The third kappa shape index (κ3) is 3.77. The molecule has 0 bridgehead atoms. The molecular weight excluding hydrogens is 502 g/mol. The van der Waals surface area contributed by atoms with Gasteiger partial charge in [0.05, 0.1) is 5.69 Å². The largest absolute Gasteiger partial charge is 0.310 e. The van der Waals surface area contributed by atoms with E-state index in [0.717, 1.165) is 11.4 Å². The van der Waals surface area contributed by atoms with E-state index in [1.165, 1.54) is 58.5 Å². The van der Waals surface area contributed by atoms with Gasteiger partial charge in [-0.1, -0.05) is 115 Å². The lowest BCUT2D eigenvalue weighted by molar-refractivity contribution is 1.31. The number of nitrogens with zero attached hydrogens (tertiary/aromatic N) is 1. The summed E-state index contributed by atoms with van der Waals surface area (Å²) in [6.45, 7) is 0. The molecule has 0 saturated carbocycles. The molecule has 0 fully saturated rings. The zero-order valence-corrected chi connectivity index (χ0v) is 22.6. The molecule has 0 saturated heterocycles. The fraction of sp³-hybridized carbons (Fsp3) is 0. The van der Waals surface area contributed by atoms with E-state index in [1.54, 1.807) is 0 Å². The molecule has 1 aromatic heterocycles. The van der Waals surface area contributed by atoms with Gasteiger partial charge < -0.3 is 4.90 Å². The molecular formula is C38H25NS. The molecule has 0 radical (unpaired) electrons. The third-order valence-electron chi connectivity index (χ3n) is 7.84. The molecule has 2 heteroatoms. The van der Waals surface area contributed by atoms with E-state index in [2.05, 4.69) is 157 Å². The van der Waals surface area contributed by atoms with Crippen LogP contribution in [0.25, 0.3) is 52.8 Å². The van der Waals surface area contributed by atoms with Crippen LogP contribution < -0.4 is 4.90 Å². The van der Waals surface area contributed by atoms with Crippen LogP contribution in [-0.4, -0.2) is 0 Å². The second-order valence-corrected chi connectivity index (χ2v) is 11.3. The second-order valence-electron chi connectivity index (χ2n) is 10.2. The summed E-state index contributed by atoms with van der Waals surface area (Å²) in [5, 5.41) is 7.66. The van der Waals surface area contributed by atoms with Crippen LogP contribution >= 0.6 is 11.3 Å². The lowest BCUT2D eigenvalue weighted by Gasteiger charge is -2.28. The van der Waals surface area contributed by atoms with Crippen molar-refractivity contribution in [3.05, 3.63) is 152 Å². The minimum absolute atomic E-state index is 1.14. The summed E-state index contributed by atoms with van der Waals surface area (Å²) in [6, 6.07) is 55.0. The maximum absolute atomic E-state index is 2.42. The summed E-state index contributed by atoms with van der Waals surface area (Å²) >= 11 is 1.86. The predicted octanol–water partition coefficient (Wildman–Crippen LogP) is 11.5. The molecule has 0 aliphatic heterocycles. The Kier molecular flexibility index (Phi) is 5.39. The zero-order chi connectivity index (χ0) is 26.5. The molecule has 188 valence electrons. The number of thiophene rings is 1. The van der Waals surface area contributed by atoms with Crippen molar-refractivity contribution in [2.75, 3.05) is 4.90 Å². The van der Waals surface area contributed by atoms with E-state index < -0.39 is 0 Å². The number of hydrogen-bond donors (Lipinski definition) is 0. The number of rotatable bonds is 4. The first-order valence-corrected chi connectivity index (χ1v) is 14.4. The summed E-state index contributed by atoms with van der Waals surface area (Å²) < 4.78 is 2.62. The maximum atomic E-state index is 2.42. The standard InChI is InChI=1S/C38H25NS/c1-2-10-26(11-3-1)27-18-20-29(21-19-27)39(30-22-23-35-34-16-8-9-17-37(34)40-38(35)25-30)36-24-28-12-4-5-13-31(28)32-14-6-7-15-33(32)36/h1-25H. The molecule has 0 N–H and O–H groups in total. The van der Waals surface area contributed by atoms with Crippen molar-refractivity contribution in [2.45, 2.75) is 0 Å². The first kappa shape index (κ1) is 23.0. The van der Waals surface area contributed by atoms with Gasteiger partial charge in [0.15, 0.2) is 0 Å². The molecule has 0 amide bonds. The van der Waals surface area contributed by atoms with Crippen LogP contribution in [0.5, 0.6) is 0 Å². The van der Waals surface area contributed by atoms with Crippen LogP contribution in [0.4, 0.5) is 17.1 Å². The molecule has 1 heterocycles. The molecule has 0 atom stereocenters. The minimum Gasteiger partial charge on any atom is -0.310 e. The highest BCUT2D eigenvalue weighted by Crippen LogP contribution is 2.44. The molecule has 0 unspecified atom stereocenters. The summed E-state index contributed by atoms with van der Waals surface area (Å²) in [5.41, 5.74) is 5.92. The predicted molar refractivity (Wildman–Crippen MR) is 174 cm³/mol. The van der Waals surface area contributed by atoms with Gasteiger partial charge in [-0.2, -0.15) is 0 Å². The third-order valence-corrected chi connectivity index (χ3v) is 8.97. The van der Waals surface area contributed by atoms with Gasteiger partial charge in [0.25, 0.3) is 0 Å². The molecule has 8 aromatic rings. The highest BCUT2D eigenvalue weighted by molar-refractivity contribution is 7.25. The molecule has 1 nitrogen and oxygen atoms in total. The first-order chi connectivity index (χ1) is 19.8. The lowest BCUT2D eigenvalue weighted by atomic mass is 9.98. The Bertz CT molecular complexity index is 2160. The highest BCUT2D eigenvalue weighted by atomic mass is 32.1. The van der Waals surface area contributed by atoms with Gasteiger partial charge in [0.1, 0.15) is 0 Å². The molecule has 40 heavy (non-hydrogen) atoms. The van der Waals surface area contributed by atoms with Crippen LogP contribution in [0.2, 0.25) is 0 Å². The molecule has 7 aromatic carbocycles. The van der Waals surface area contributed by atoms with Gasteiger partial charge in [0.2, 0.25) is 0 Å². The average Bonchev–Trinajstić information content (AvgIpc) is 3.40. The number of fused-ring (bicyclic) bond motifs is 6. The van der Waals surface area contributed by atoms with Gasteiger partial charge in [-0.3, -0.25) is 0 Å². The van der Waals surface area contributed by atoms with Crippen molar-refractivity contribution in [1.82, 2.24) is 0 Å². The molecule has 8 rings (SSSR count). The Morgan fingerprint density at radius 3 is 1.80 bits per heavy atom. The van der Waals surface area contributed by atoms with Crippen molar-refractivity contribution in [3.63, 3.8) is 0 Å². The van der Waals surface area contributed by atoms with E-state index in [1.807, 2.05) is 11.3 Å². The van der Waals surface area contributed by atoms with Crippen LogP contribution in [0.3, 0.4) is 0 Å². The van der Waals surface area contributed by atoms with Gasteiger partial charge >= 0.3 is 0 Å². The first-order valence-electron chi connectivity index (χ1n) is 13.6. The topological polar surface area (TPSA) is 3.24 Å². The second kappa shape index (κ2) is 9.37. The Hall–Kier alpha value is -4.92. The Morgan fingerprint density at radius 2 is 0.975 bits per heavy atom.